The van der Waals surface area contributed by atoms with Crippen molar-refractivity contribution in [2.24, 2.45) is 16.1 Å². The lowest BCUT2D eigenvalue weighted by Crippen LogP contribution is -2.44. The van der Waals surface area contributed by atoms with E-state index in [9.17, 15) is 4.79 Å². The van der Waals surface area contributed by atoms with Crippen LogP contribution in [0.5, 0.6) is 0 Å². The van der Waals surface area contributed by atoms with E-state index in [0.717, 1.165) is 17.5 Å². The zero-order valence-corrected chi connectivity index (χ0v) is 13.6. The maximum absolute atomic E-state index is 12.3. The van der Waals surface area contributed by atoms with Crippen molar-refractivity contribution in [1.29, 1.82) is 0 Å². The first-order valence-electron chi connectivity index (χ1n) is 7.65. The Balaban J connectivity index is 2.07. The molecule has 0 saturated carbocycles. The van der Waals surface area contributed by atoms with Gasteiger partial charge in [-0.2, -0.15) is 10.2 Å². The molecule has 1 N–H and O–H groups in total. The molecule has 2 rings (SSSR count). The van der Waals surface area contributed by atoms with Crippen LogP contribution in [0.2, 0.25) is 0 Å². The van der Waals surface area contributed by atoms with Crippen molar-refractivity contribution in [2.75, 3.05) is 0 Å². The third-order valence-corrected chi connectivity index (χ3v) is 3.79. The van der Waals surface area contributed by atoms with Crippen molar-refractivity contribution in [2.45, 2.75) is 58.8 Å². The van der Waals surface area contributed by atoms with Gasteiger partial charge in [0.1, 0.15) is 0 Å². The number of ketones is 1. The predicted octanol–water partition coefficient (Wildman–Crippen LogP) is 3.46. The number of Topliss-reactive ketones (excluding diaryl/α,β-unsaturated/α-hetero) is 1. The Hall–Kier alpha value is -1.55. The van der Waals surface area contributed by atoms with Crippen LogP contribution < -0.4 is 5.32 Å². The summed E-state index contributed by atoms with van der Waals surface area (Å²) in [5.41, 5.74) is 1.94. The van der Waals surface area contributed by atoms with Gasteiger partial charge >= 0.3 is 0 Å². The molecule has 1 aromatic carbocycles. The first kappa shape index (κ1) is 15.8. The lowest BCUT2D eigenvalue weighted by Gasteiger charge is -2.22. The number of carbonyl (C=O) groups is 1. The van der Waals surface area contributed by atoms with E-state index in [1.54, 1.807) is 0 Å². The normalized spacial score (nSPS) is 17.3. The van der Waals surface area contributed by atoms with E-state index in [0.29, 0.717) is 6.04 Å². The van der Waals surface area contributed by atoms with E-state index in [-0.39, 0.29) is 23.4 Å². The maximum atomic E-state index is 12.3. The molecule has 1 heterocycles. The van der Waals surface area contributed by atoms with Crippen LogP contribution in [0.25, 0.3) is 0 Å². The molecule has 21 heavy (non-hydrogen) atoms. The van der Waals surface area contributed by atoms with Gasteiger partial charge in [-0.3, -0.25) is 4.79 Å². The molecule has 0 unspecified atom stereocenters. The van der Waals surface area contributed by atoms with Crippen LogP contribution in [-0.2, 0) is 16.9 Å². The molecule has 0 saturated heterocycles. The molecule has 0 bridgehead atoms. The molecule has 0 radical (unpaired) electrons. The molecular formula is C17H25N3O. The topological polar surface area (TPSA) is 53.8 Å². The highest BCUT2D eigenvalue weighted by Crippen LogP contribution is 2.38. The Morgan fingerprint density at radius 1 is 1.14 bits per heavy atom. The van der Waals surface area contributed by atoms with Gasteiger partial charge in [0.15, 0.2) is 5.78 Å². The second-order valence-corrected chi connectivity index (χ2v) is 6.55. The van der Waals surface area contributed by atoms with Gasteiger partial charge in [0.25, 0.3) is 0 Å². The summed E-state index contributed by atoms with van der Waals surface area (Å²) in [6, 6.07) is 8.43. The van der Waals surface area contributed by atoms with Gasteiger partial charge in [0.05, 0.1) is 6.04 Å². The number of hydrogen-bond acceptors (Lipinski definition) is 4. The lowest BCUT2D eigenvalue weighted by molar-refractivity contribution is -0.124. The summed E-state index contributed by atoms with van der Waals surface area (Å²) in [6.07, 6.45) is 0.723. The highest BCUT2D eigenvalue weighted by molar-refractivity contribution is 5.86. The number of nitrogens with one attached hydrogen (secondary N) is 1. The van der Waals surface area contributed by atoms with E-state index in [1.165, 1.54) is 0 Å². The molecule has 0 aromatic heterocycles. The molecule has 0 aliphatic carbocycles. The average molecular weight is 287 g/mol. The Kier molecular flexibility index (Phi) is 4.57. The van der Waals surface area contributed by atoms with Crippen LogP contribution in [-0.4, -0.2) is 17.9 Å². The molecule has 114 valence electrons. The molecule has 1 atom stereocenters. The van der Waals surface area contributed by atoms with Crippen LogP contribution in [0.4, 0.5) is 0 Å². The SMILES string of the molecule is CC(C)N[C@@H](Cc1ccc(C2(C)N=N2)cc1)C(=O)C(C)C. The Labute approximate surface area is 127 Å². The monoisotopic (exact) mass is 287 g/mol. The van der Waals surface area contributed by atoms with Gasteiger partial charge in [0, 0.05) is 17.5 Å². The van der Waals surface area contributed by atoms with Crippen LogP contribution >= 0.6 is 0 Å². The molecule has 1 aromatic rings. The van der Waals surface area contributed by atoms with Gasteiger partial charge in [-0.25, -0.2) is 0 Å². The minimum Gasteiger partial charge on any atom is -0.305 e. The fraction of sp³-hybridized carbons (Fsp3) is 0.588. The van der Waals surface area contributed by atoms with E-state index in [2.05, 4.69) is 53.7 Å². The molecule has 0 fully saturated rings. The van der Waals surface area contributed by atoms with E-state index < -0.39 is 0 Å². The summed E-state index contributed by atoms with van der Waals surface area (Å²) in [7, 11) is 0. The predicted molar refractivity (Wildman–Crippen MR) is 84.3 cm³/mol. The largest absolute Gasteiger partial charge is 0.305 e. The maximum Gasteiger partial charge on any atom is 0.213 e. The number of benzene rings is 1. The van der Waals surface area contributed by atoms with Crippen molar-refractivity contribution in [3.63, 3.8) is 0 Å². The first-order valence-corrected chi connectivity index (χ1v) is 7.65. The quantitative estimate of drug-likeness (QED) is 0.835. The van der Waals surface area contributed by atoms with Gasteiger partial charge in [-0.1, -0.05) is 52.0 Å². The van der Waals surface area contributed by atoms with Crippen molar-refractivity contribution in [3.05, 3.63) is 35.4 Å². The third-order valence-electron chi connectivity index (χ3n) is 3.79. The third kappa shape index (κ3) is 3.97. The van der Waals surface area contributed by atoms with Crippen molar-refractivity contribution >= 4 is 5.78 Å². The van der Waals surface area contributed by atoms with Crippen LogP contribution in [0.3, 0.4) is 0 Å². The minimum absolute atomic E-state index is 0.0449. The fourth-order valence-electron chi connectivity index (χ4n) is 2.43. The summed E-state index contributed by atoms with van der Waals surface area (Å²) in [5, 5.41) is 11.5. The zero-order valence-electron chi connectivity index (χ0n) is 13.6. The van der Waals surface area contributed by atoms with Crippen LogP contribution in [0, 0.1) is 5.92 Å². The van der Waals surface area contributed by atoms with E-state index in [4.69, 9.17) is 0 Å². The Morgan fingerprint density at radius 2 is 1.71 bits per heavy atom. The fourth-order valence-corrected chi connectivity index (χ4v) is 2.43. The van der Waals surface area contributed by atoms with Crippen LogP contribution in [0.15, 0.2) is 34.5 Å². The van der Waals surface area contributed by atoms with Crippen molar-refractivity contribution in [3.8, 4) is 0 Å². The molecule has 0 spiro atoms. The molecule has 0 amide bonds. The average Bonchev–Trinajstić information content (AvgIpc) is 3.16. The summed E-state index contributed by atoms with van der Waals surface area (Å²) in [6.45, 7) is 10.0. The molecule has 1 aliphatic rings. The van der Waals surface area contributed by atoms with Crippen molar-refractivity contribution in [1.82, 2.24) is 5.32 Å². The molecule has 4 heteroatoms. The Morgan fingerprint density at radius 3 is 2.14 bits per heavy atom. The van der Waals surface area contributed by atoms with E-state index in [1.807, 2.05) is 20.8 Å². The number of hydrogen-bond donors (Lipinski definition) is 1. The summed E-state index contributed by atoms with van der Waals surface area (Å²) >= 11 is 0. The first-order chi connectivity index (χ1) is 9.82. The summed E-state index contributed by atoms with van der Waals surface area (Å²) in [4.78, 5) is 12.3. The molecule has 1 aliphatic heterocycles. The van der Waals surface area contributed by atoms with Gasteiger partial charge in [0.2, 0.25) is 5.66 Å². The number of nitrogens with zero attached hydrogens (tertiary/aromatic N) is 2. The van der Waals surface area contributed by atoms with Gasteiger partial charge in [-0.15, -0.1) is 0 Å². The summed E-state index contributed by atoms with van der Waals surface area (Å²) in [5.74, 6) is 0.315. The smallest absolute Gasteiger partial charge is 0.213 e. The van der Waals surface area contributed by atoms with Gasteiger partial charge in [-0.05, 0) is 18.9 Å². The second-order valence-electron chi connectivity index (χ2n) is 6.55. The highest BCUT2D eigenvalue weighted by atomic mass is 16.1. The number of carbonyl (C=O) groups excluding carboxylic acids is 1. The summed E-state index contributed by atoms with van der Waals surface area (Å²) < 4.78 is 0. The molecular weight excluding hydrogens is 262 g/mol. The Bertz CT molecular complexity index is 525. The molecule has 4 nitrogen and oxygen atoms in total. The standard InChI is InChI=1S/C17H25N3O/c1-11(2)16(21)15(18-12(3)4)10-13-6-8-14(9-7-13)17(5)19-20-17/h6-9,11-12,15,18H,10H2,1-5H3/t15-/m0/s1. The van der Waals surface area contributed by atoms with E-state index >= 15 is 0 Å². The van der Waals surface area contributed by atoms with Crippen LogP contribution in [0.1, 0.15) is 45.7 Å². The zero-order chi connectivity index (χ0) is 15.6. The highest BCUT2D eigenvalue weighted by Gasteiger charge is 2.35. The minimum atomic E-state index is -0.331. The second kappa shape index (κ2) is 6.06. The van der Waals surface area contributed by atoms with Crippen molar-refractivity contribution < 1.29 is 4.79 Å². The number of rotatable bonds is 7. The lowest BCUT2D eigenvalue weighted by atomic mass is 9.94. The van der Waals surface area contributed by atoms with Gasteiger partial charge < -0.3 is 5.32 Å².